The first-order valence-electron chi connectivity index (χ1n) is 6.10. The van der Waals surface area contributed by atoms with Crippen LogP contribution in [0.1, 0.15) is 23.1 Å². The SMILES string of the molecule is CNC(c1cnc(C)cn1)c1ncc(OC)nc1OC. The molecule has 0 saturated carbocycles. The first-order chi connectivity index (χ1) is 9.69. The Morgan fingerprint density at radius 1 is 1.05 bits per heavy atom. The summed E-state index contributed by atoms with van der Waals surface area (Å²) in [5.74, 6) is 0.793. The van der Waals surface area contributed by atoms with Crippen LogP contribution in [0.4, 0.5) is 0 Å². The van der Waals surface area contributed by atoms with Crippen molar-refractivity contribution in [1.82, 2.24) is 25.3 Å². The highest BCUT2D eigenvalue weighted by Gasteiger charge is 2.21. The summed E-state index contributed by atoms with van der Waals surface area (Å²) in [7, 11) is 4.89. The smallest absolute Gasteiger partial charge is 0.240 e. The van der Waals surface area contributed by atoms with Gasteiger partial charge in [-0.3, -0.25) is 9.97 Å². The van der Waals surface area contributed by atoms with Crippen molar-refractivity contribution in [3.8, 4) is 11.8 Å². The molecule has 7 nitrogen and oxygen atoms in total. The molecule has 2 aromatic rings. The summed E-state index contributed by atoms with van der Waals surface area (Å²) >= 11 is 0. The van der Waals surface area contributed by atoms with Gasteiger partial charge < -0.3 is 14.8 Å². The molecule has 2 rings (SSSR count). The molecule has 2 heterocycles. The summed E-state index contributed by atoms with van der Waals surface area (Å²) < 4.78 is 10.3. The number of nitrogens with one attached hydrogen (secondary N) is 1. The number of aromatic nitrogens is 4. The Morgan fingerprint density at radius 2 is 1.85 bits per heavy atom. The molecule has 0 saturated heterocycles. The predicted molar refractivity (Wildman–Crippen MR) is 72.8 cm³/mol. The van der Waals surface area contributed by atoms with Crippen LogP contribution in [-0.4, -0.2) is 41.2 Å². The lowest BCUT2D eigenvalue weighted by atomic mass is 10.1. The molecular formula is C13H17N5O2. The highest BCUT2D eigenvalue weighted by molar-refractivity contribution is 5.30. The van der Waals surface area contributed by atoms with Gasteiger partial charge in [-0.25, -0.2) is 4.98 Å². The number of ether oxygens (including phenoxy) is 2. The monoisotopic (exact) mass is 275 g/mol. The minimum absolute atomic E-state index is 0.253. The Morgan fingerprint density at radius 3 is 2.40 bits per heavy atom. The Bertz CT molecular complexity index is 573. The number of hydrogen-bond donors (Lipinski definition) is 1. The topological polar surface area (TPSA) is 82.1 Å². The van der Waals surface area contributed by atoms with Crippen LogP contribution in [0.25, 0.3) is 0 Å². The maximum Gasteiger partial charge on any atom is 0.240 e. The van der Waals surface area contributed by atoms with E-state index in [0.29, 0.717) is 17.5 Å². The summed E-state index contributed by atoms with van der Waals surface area (Å²) in [6.07, 6.45) is 4.97. The van der Waals surface area contributed by atoms with Crippen molar-refractivity contribution in [2.24, 2.45) is 0 Å². The van der Waals surface area contributed by atoms with Crippen LogP contribution in [0, 0.1) is 6.92 Å². The molecule has 0 aliphatic heterocycles. The third-order valence-corrected chi connectivity index (χ3v) is 2.81. The molecular weight excluding hydrogens is 258 g/mol. The van der Waals surface area contributed by atoms with Gasteiger partial charge in [0.25, 0.3) is 0 Å². The molecule has 0 aliphatic carbocycles. The summed E-state index contributed by atoms with van der Waals surface area (Å²) in [4.78, 5) is 17.2. The minimum atomic E-state index is -0.253. The Hall–Kier alpha value is -2.28. The van der Waals surface area contributed by atoms with Crippen LogP contribution >= 0.6 is 0 Å². The van der Waals surface area contributed by atoms with Gasteiger partial charge in [0.1, 0.15) is 5.69 Å². The molecule has 20 heavy (non-hydrogen) atoms. The second-order valence-electron chi connectivity index (χ2n) is 4.11. The standard InChI is InChI=1S/C13H17N5O2/c1-8-5-16-9(6-15-8)11(14-2)12-13(20-4)18-10(19-3)7-17-12/h5-7,11,14H,1-4H3. The highest BCUT2D eigenvalue weighted by atomic mass is 16.5. The number of methoxy groups -OCH3 is 2. The number of hydrogen-bond acceptors (Lipinski definition) is 7. The van der Waals surface area contributed by atoms with E-state index in [1.807, 2.05) is 14.0 Å². The van der Waals surface area contributed by atoms with Crippen LogP contribution in [-0.2, 0) is 0 Å². The molecule has 106 valence electrons. The van der Waals surface area contributed by atoms with Crippen molar-refractivity contribution >= 4 is 0 Å². The van der Waals surface area contributed by atoms with Gasteiger partial charge in [0.15, 0.2) is 0 Å². The lowest BCUT2D eigenvalue weighted by Crippen LogP contribution is -2.21. The van der Waals surface area contributed by atoms with Crippen LogP contribution in [0.3, 0.4) is 0 Å². The quantitative estimate of drug-likeness (QED) is 0.868. The van der Waals surface area contributed by atoms with Gasteiger partial charge in [-0.1, -0.05) is 0 Å². The van der Waals surface area contributed by atoms with Crippen molar-refractivity contribution in [1.29, 1.82) is 0 Å². The van der Waals surface area contributed by atoms with Crippen LogP contribution in [0.15, 0.2) is 18.6 Å². The van der Waals surface area contributed by atoms with Crippen LogP contribution < -0.4 is 14.8 Å². The van der Waals surface area contributed by atoms with Gasteiger partial charge in [0.2, 0.25) is 11.8 Å². The maximum atomic E-state index is 5.27. The molecule has 0 aliphatic rings. The summed E-state index contributed by atoms with van der Waals surface area (Å²) in [5, 5.41) is 3.14. The van der Waals surface area contributed by atoms with Gasteiger partial charge in [-0.2, -0.15) is 4.98 Å². The Kier molecular flexibility index (Phi) is 4.41. The van der Waals surface area contributed by atoms with Crippen molar-refractivity contribution in [2.75, 3.05) is 21.3 Å². The zero-order valence-corrected chi connectivity index (χ0v) is 11.9. The fourth-order valence-electron chi connectivity index (χ4n) is 1.79. The van der Waals surface area contributed by atoms with Gasteiger partial charge in [-0.15, -0.1) is 0 Å². The van der Waals surface area contributed by atoms with E-state index in [1.54, 1.807) is 25.7 Å². The molecule has 0 fully saturated rings. The van der Waals surface area contributed by atoms with E-state index in [9.17, 15) is 0 Å². The van der Waals surface area contributed by atoms with E-state index in [-0.39, 0.29) is 6.04 Å². The molecule has 0 aromatic carbocycles. The average molecular weight is 275 g/mol. The summed E-state index contributed by atoms with van der Waals surface area (Å²) in [6.45, 7) is 1.89. The molecule has 0 spiro atoms. The lowest BCUT2D eigenvalue weighted by molar-refractivity contribution is 0.353. The molecule has 1 N–H and O–H groups in total. The zero-order chi connectivity index (χ0) is 14.5. The van der Waals surface area contributed by atoms with E-state index in [1.165, 1.54) is 7.11 Å². The second kappa shape index (κ2) is 6.25. The van der Waals surface area contributed by atoms with E-state index in [2.05, 4.69) is 25.3 Å². The largest absolute Gasteiger partial charge is 0.480 e. The summed E-state index contributed by atoms with van der Waals surface area (Å²) in [6, 6.07) is -0.253. The van der Waals surface area contributed by atoms with Gasteiger partial charge in [-0.05, 0) is 14.0 Å². The number of nitrogens with zero attached hydrogens (tertiary/aromatic N) is 4. The fraction of sp³-hybridized carbons (Fsp3) is 0.385. The van der Waals surface area contributed by atoms with E-state index in [4.69, 9.17) is 9.47 Å². The van der Waals surface area contributed by atoms with Crippen molar-refractivity contribution in [2.45, 2.75) is 13.0 Å². The van der Waals surface area contributed by atoms with E-state index < -0.39 is 0 Å². The molecule has 1 atom stereocenters. The zero-order valence-electron chi connectivity index (χ0n) is 11.9. The number of rotatable bonds is 5. The first kappa shape index (κ1) is 14.1. The van der Waals surface area contributed by atoms with Crippen molar-refractivity contribution < 1.29 is 9.47 Å². The molecule has 0 amide bonds. The number of aryl methyl sites for hydroxylation is 1. The third-order valence-electron chi connectivity index (χ3n) is 2.81. The Balaban J connectivity index is 2.43. The second-order valence-corrected chi connectivity index (χ2v) is 4.11. The molecule has 0 radical (unpaired) electrons. The minimum Gasteiger partial charge on any atom is -0.480 e. The predicted octanol–water partition coefficient (Wildman–Crippen LogP) is 0.901. The van der Waals surface area contributed by atoms with Gasteiger partial charge in [0.05, 0.1) is 44.0 Å². The van der Waals surface area contributed by atoms with E-state index >= 15 is 0 Å². The molecule has 2 aromatic heterocycles. The Labute approximate surface area is 117 Å². The van der Waals surface area contributed by atoms with Gasteiger partial charge in [0, 0.05) is 6.20 Å². The fourth-order valence-corrected chi connectivity index (χ4v) is 1.79. The normalized spacial score (nSPS) is 12.0. The highest BCUT2D eigenvalue weighted by Crippen LogP contribution is 2.26. The van der Waals surface area contributed by atoms with Crippen LogP contribution in [0.5, 0.6) is 11.8 Å². The third kappa shape index (κ3) is 2.83. The summed E-state index contributed by atoms with van der Waals surface area (Å²) in [5.41, 5.74) is 2.24. The van der Waals surface area contributed by atoms with E-state index in [0.717, 1.165) is 11.4 Å². The van der Waals surface area contributed by atoms with Crippen molar-refractivity contribution in [3.63, 3.8) is 0 Å². The maximum absolute atomic E-state index is 5.27. The molecule has 0 bridgehead atoms. The average Bonchev–Trinajstić information content (AvgIpc) is 2.50. The molecule has 1 unspecified atom stereocenters. The van der Waals surface area contributed by atoms with Crippen molar-refractivity contribution in [3.05, 3.63) is 35.7 Å². The first-order valence-corrected chi connectivity index (χ1v) is 6.10. The molecule has 7 heteroatoms. The van der Waals surface area contributed by atoms with Crippen LogP contribution in [0.2, 0.25) is 0 Å². The van der Waals surface area contributed by atoms with Gasteiger partial charge >= 0.3 is 0 Å². The lowest BCUT2D eigenvalue weighted by Gasteiger charge is -2.17.